The average Bonchev–Trinajstić information content (AvgIpc) is 2.52. The summed E-state index contributed by atoms with van der Waals surface area (Å²) >= 11 is 3.12. The summed E-state index contributed by atoms with van der Waals surface area (Å²) in [5, 5.41) is 0. The molecule has 72 valence electrons. The third-order valence-corrected chi connectivity index (χ3v) is 1.86. The van der Waals surface area contributed by atoms with E-state index in [9.17, 15) is 4.79 Å². The van der Waals surface area contributed by atoms with Gasteiger partial charge >= 0.3 is 0 Å². The summed E-state index contributed by atoms with van der Waals surface area (Å²) < 4.78 is 10.7. The molecule has 0 amide bonds. The van der Waals surface area contributed by atoms with Crippen LogP contribution in [0.25, 0.3) is 0 Å². The lowest BCUT2D eigenvalue weighted by atomic mass is 10.3. The fraction of sp³-hybridized carbons (Fsp3) is 0.444. The first kappa shape index (κ1) is 10.5. The number of rotatable bonds is 5. The number of ether oxygens (including phenoxy) is 1. The lowest BCUT2D eigenvalue weighted by Crippen LogP contribution is -2.08. The van der Waals surface area contributed by atoms with Gasteiger partial charge in [-0.3, -0.25) is 4.79 Å². The number of halogens is 1. The third kappa shape index (κ3) is 3.32. The van der Waals surface area contributed by atoms with Crippen LogP contribution in [0.5, 0.6) is 0 Å². The molecule has 0 N–H and O–H groups in total. The van der Waals surface area contributed by atoms with Crippen molar-refractivity contribution in [1.29, 1.82) is 0 Å². The van der Waals surface area contributed by atoms with Gasteiger partial charge in [-0.1, -0.05) is 6.92 Å². The normalized spacial score (nSPS) is 10.3. The van der Waals surface area contributed by atoms with Gasteiger partial charge in [-0.05, 0) is 34.5 Å². The van der Waals surface area contributed by atoms with Gasteiger partial charge in [0.15, 0.2) is 10.4 Å². The smallest absolute Gasteiger partial charge is 0.223 e. The second-order valence-electron chi connectivity index (χ2n) is 2.58. The number of hydrogen-bond acceptors (Lipinski definition) is 3. The Morgan fingerprint density at radius 2 is 2.38 bits per heavy atom. The van der Waals surface area contributed by atoms with E-state index in [-0.39, 0.29) is 12.4 Å². The van der Waals surface area contributed by atoms with Crippen LogP contribution in [0.1, 0.15) is 23.9 Å². The fourth-order valence-corrected chi connectivity index (χ4v) is 1.15. The second-order valence-corrected chi connectivity index (χ2v) is 3.36. The van der Waals surface area contributed by atoms with Crippen LogP contribution in [0.4, 0.5) is 0 Å². The zero-order chi connectivity index (χ0) is 9.68. The van der Waals surface area contributed by atoms with Crippen LogP contribution in [0, 0.1) is 0 Å². The maximum absolute atomic E-state index is 11.3. The number of carbonyl (C=O) groups excluding carboxylic acids is 1. The molecule has 1 rings (SSSR count). The topological polar surface area (TPSA) is 39.4 Å². The van der Waals surface area contributed by atoms with Gasteiger partial charge < -0.3 is 9.15 Å². The highest BCUT2D eigenvalue weighted by atomic mass is 79.9. The van der Waals surface area contributed by atoms with Gasteiger partial charge in [0.25, 0.3) is 0 Å². The van der Waals surface area contributed by atoms with Crippen molar-refractivity contribution in [2.45, 2.75) is 13.3 Å². The van der Waals surface area contributed by atoms with E-state index in [0.29, 0.717) is 17.0 Å². The molecule has 0 aliphatic rings. The van der Waals surface area contributed by atoms with Crippen LogP contribution in [0.15, 0.2) is 21.2 Å². The van der Waals surface area contributed by atoms with E-state index < -0.39 is 0 Å². The minimum Gasteiger partial charge on any atom is -0.446 e. The molecule has 0 saturated carbocycles. The average molecular weight is 247 g/mol. The first-order valence-electron chi connectivity index (χ1n) is 4.10. The van der Waals surface area contributed by atoms with Gasteiger partial charge in [0.05, 0.1) is 0 Å². The van der Waals surface area contributed by atoms with Crippen molar-refractivity contribution in [3.63, 3.8) is 0 Å². The van der Waals surface area contributed by atoms with Crippen LogP contribution < -0.4 is 0 Å². The molecular weight excluding hydrogens is 236 g/mol. The van der Waals surface area contributed by atoms with Crippen molar-refractivity contribution in [2.75, 3.05) is 13.2 Å². The molecule has 0 atom stereocenters. The van der Waals surface area contributed by atoms with Gasteiger partial charge in [0.1, 0.15) is 6.61 Å². The van der Waals surface area contributed by atoms with Crippen LogP contribution in [0.3, 0.4) is 0 Å². The highest BCUT2D eigenvalue weighted by Crippen LogP contribution is 2.14. The maximum atomic E-state index is 11.3. The third-order valence-electron chi connectivity index (χ3n) is 1.43. The predicted octanol–water partition coefficient (Wildman–Crippen LogP) is 2.65. The molecule has 1 aromatic heterocycles. The molecule has 1 heterocycles. The molecule has 0 unspecified atom stereocenters. The minimum absolute atomic E-state index is 0.0911. The highest BCUT2D eigenvalue weighted by Gasteiger charge is 2.09. The Kier molecular flexibility index (Phi) is 4.18. The largest absolute Gasteiger partial charge is 0.446 e. The van der Waals surface area contributed by atoms with Crippen molar-refractivity contribution in [3.8, 4) is 0 Å². The maximum Gasteiger partial charge on any atom is 0.223 e. The molecule has 0 bridgehead atoms. The molecule has 0 aromatic carbocycles. The summed E-state index contributed by atoms with van der Waals surface area (Å²) in [6, 6.07) is 3.31. The van der Waals surface area contributed by atoms with Crippen molar-refractivity contribution in [1.82, 2.24) is 0 Å². The zero-order valence-electron chi connectivity index (χ0n) is 7.38. The summed E-state index contributed by atoms with van der Waals surface area (Å²) in [4.78, 5) is 11.3. The van der Waals surface area contributed by atoms with E-state index in [1.54, 1.807) is 12.1 Å². The summed E-state index contributed by atoms with van der Waals surface area (Å²) in [5.41, 5.74) is 0. The molecule has 0 radical (unpaired) electrons. The van der Waals surface area contributed by atoms with E-state index in [4.69, 9.17) is 9.15 Å². The van der Waals surface area contributed by atoms with Crippen LogP contribution >= 0.6 is 15.9 Å². The monoisotopic (exact) mass is 246 g/mol. The SMILES string of the molecule is CCCOCC(=O)c1ccc(Br)o1. The highest BCUT2D eigenvalue weighted by molar-refractivity contribution is 9.10. The summed E-state index contributed by atoms with van der Waals surface area (Å²) in [5.74, 6) is 0.210. The standard InChI is InChI=1S/C9H11BrO3/c1-2-5-12-6-7(11)8-3-4-9(10)13-8/h3-4H,2,5-6H2,1H3. The fourth-order valence-electron chi connectivity index (χ4n) is 0.844. The molecule has 13 heavy (non-hydrogen) atoms. The van der Waals surface area contributed by atoms with Gasteiger partial charge in [-0.2, -0.15) is 0 Å². The van der Waals surface area contributed by atoms with Gasteiger partial charge in [-0.25, -0.2) is 0 Å². The first-order valence-corrected chi connectivity index (χ1v) is 4.89. The number of Topliss-reactive ketones (excluding diaryl/α,β-unsaturated/α-hetero) is 1. The Labute approximate surface area is 85.2 Å². The van der Waals surface area contributed by atoms with Gasteiger partial charge in [-0.15, -0.1) is 0 Å². The Morgan fingerprint density at radius 1 is 1.62 bits per heavy atom. The lowest BCUT2D eigenvalue weighted by Gasteiger charge is -1.98. The van der Waals surface area contributed by atoms with Crippen LogP contribution in [-0.4, -0.2) is 19.0 Å². The van der Waals surface area contributed by atoms with E-state index in [1.807, 2.05) is 6.92 Å². The summed E-state index contributed by atoms with van der Waals surface area (Å²) in [6.07, 6.45) is 0.912. The number of hydrogen-bond donors (Lipinski definition) is 0. The Bertz CT molecular complexity index is 280. The molecule has 0 fully saturated rings. The van der Waals surface area contributed by atoms with E-state index >= 15 is 0 Å². The molecule has 1 aromatic rings. The molecule has 4 heteroatoms. The van der Waals surface area contributed by atoms with E-state index in [0.717, 1.165) is 6.42 Å². The predicted molar refractivity (Wildman–Crippen MR) is 51.8 cm³/mol. The number of carbonyl (C=O) groups is 1. The van der Waals surface area contributed by atoms with Crippen molar-refractivity contribution in [3.05, 3.63) is 22.6 Å². The quantitative estimate of drug-likeness (QED) is 0.593. The summed E-state index contributed by atoms with van der Waals surface area (Å²) in [6.45, 7) is 2.69. The molecule has 0 aliphatic carbocycles. The van der Waals surface area contributed by atoms with Crippen LogP contribution in [-0.2, 0) is 4.74 Å². The van der Waals surface area contributed by atoms with Crippen molar-refractivity contribution in [2.24, 2.45) is 0 Å². The van der Waals surface area contributed by atoms with Gasteiger partial charge in [0, 0.05) is 6.61 Å². The van der Waals surface area contributed by atoms with Gasteiger partial charge in [0.2, 0.25) is 5.78 Å². The number of ketones is 1. The molecule has 0 spiro atoms. The lowest BCUT2D eigenvalue weighted by molar-refractivity contribution is 0.0733. The van der Waals surface area contributed by atoms with E-state index in [1.165, 1.54) is 0 Å². The van der Waals surface area contributed by atoms with Crippen LogP contribution in [0.2, 0.25) is 0 Å². The Hall–Kier alpha value is -0.610. The van der Waals surface area contributed by atoms with E-state index in [2.05, 4.69) is 15.9 Å². The van der Waals surface area contributed by atoms with Crippen molar-refractivity contribution >= 4 is 21.7 Å². The molecular formula is C9H11BrO3. The second kappa shape index (κ2) is 5.19. The minimum atomic E-state index is -0.126. The zero-order valence-corrected chi connectivity index (χ0v) is 8.96. The molecule has 0 saturated heterocycles. The van der Waals surface area contributed by atoms with Crippen molar-refractivity contribution < 1.29 is 13.9 Å². The molecule has 0 aliphatic heterocycles. The Balaban J connectivity index is 2.40. The Morgan fingerprint density at radius 3 is 2.92 bits per heavy atom. The summed E-state index contributed by atoms with van der Waals surface area (Å²) in [7, 11) is 0. The molecule has 3 nitrogen and oxygen atoms in total. The first-order chi connectivity index (χ1) is 6.24. The number of furan rings is 1.